The minimum atomic E-state index is -0.549. The van der Waals surface area contributed by atoms with Gasteiger partial charge in [-0.1, -0.05) is 25.3 Å². The fraction of sp³-hybridized carbons (Fsp3) is 0.467. The molecule has 1 atom stereocenters. The zero-order valence-corrected chi connectivity index (χ0v) is 13.2. The van der Waals surface area contributed by atoms with Crippen LogP contribution in [0.5, 0.6) is 0 Å². The number of hydrogen-bond acceptors (Lipinski definition) is 4. The molecule has 1 heterocycles. The number of rotatable bonds is 6. The first-order chi connectivity index (χ1) is 10.0. The Bertz CT molecular complexity index is 578. The van der Waals surface area contributed by atoms with E-state index in [9.17, 15) is 8.78 Å². The Balaban J connectivity index is 2.28. The van der Waals surface area contributed by atoms with Gasteiger partial charge in [0.2, 0.25) is 0 Å². The molecule has 2 rings (SSSR count). The van der Waals surface area contributed by atoms with E-state index in [0.717, 1.165) is 23.2 Å². The van der Waals surface area contributed by atoms with Crippen molar-refractivity contribution in [1.29, 1.82) is 0 Å². The van der Waals surface area contributed by atoms with Crippen molar-refractivity contribution in [2.45, 2.75) is 39.2 Å². The summed E-state index contributed by atoms with van der Waals surface area (Å²) in [6.07, 6.45) is 0.506. The Morgan fingerprint density at radius 1 is 1.19 bits per heavy atom. The fourth-order valence-electron chi connectivity index (χ4n) is 2.32. The van der Waals surface area contributed by atoms with E-state index in [-0.39, 0.29) is 12.0 Å². The smallest absolute Gasteiger partial charge is 0.126 e. The molecule has 3 nitrogen and oxygen atoms in total. The lowest BCUT2D eigenvalue weighted by Crippen LogP contribution is -2.23. The predicted octanol–water partition coefficient (Wildman–Crippen LogP) is 3.83. The molecule has 1 aromatic heterocycles. The Morgan fingerprint density at radius 3 is 2.43 bits per heavy atom. The zero-order chi connectivity index (χ0) is 15.4. The van der Waals surface area contributed by atoms with Crippen LogP contribution in [0.15, 0.2) is 18.2 Å². The van der Waals surface area contributed by atoms with E-state index >= 15 is 0 Å². The molecular weight excluding hydrogens is 292 g/mol. The third-order valence-corrected chi connectivity index (χ3v) is 4.07. The largest absolute Gasteiger partial charge is 0.309 e. The van der Waals surface area contributed by atoms with E-state index in [4.69, 9.17) is 0 Å². The SMILES string of the molecule is CCNC(Cc1cc(F)cc(F)c1)c1snnc1C(C)C. The lowest BCUT2D eigenvalue weighted by molar-refractivity contribution is 0.538. The second-order valence-corrected chi connectivity index (χ2v) is 6.05. The van der Waals surface area contributed by atoms with Crippen molar-refractivity contribution >= 4 is 11.5 Å². The second-order valence-electron chi connectivity index (χ2n) is 5.27. The van der Waals surface area contributed by atoms with Gasteiger partial charge >= 0.3 is 0 Å². The molecular formula is C15H19F2N3S. The topological polar surface area (TPSA) is 37.8 Å². The quantitative estimate of drug-likeness (QED) is 0.881. The van der Waals surface area contributed by atoms with Gasteiger partial charge in [0, 0.05) is 12.1 Å². The molecule has 2 aromatic rings. The van der Waals surface area contributed by atoms with E-state index in [2.05, 4.69) is 28.8 Å². The van der Waals surface area contributed by atoms with Crippen molar-refractivity contribution < 1.29 is 8.78 Å². The Morgan fingerprint density at radius 2 is 1.86 bits per heavy atom. The number of nitrogens with one attached hydrogen (secondary N) is 1. The first-order valence-corrected chi connectivity index (χ1v) is 7.79. The van der Waals surface area contributed by atoms with Crippen molar-refractivity contribution in [1.82, 2.24) is 14.9 Å². The molecule has 0 saturated carbocycles. The Labute approximate surface area is 127 Å². The molecule has 0 amide bonds. The summed E-state index contributed by atoms with van der Waals surface area (Å²) in [5, 5.41) is 7.53. The standard InChI is InChI=1S/C15H19F2N3S/c1-4-18-13(15-14(9(2)3)19-20-21-15)7-10-5-11(16)8-12(17)6-10/h5-6,8-9,13,18H,4,7H2,1-3H3. The minimum absolute atomic E-state index is 0.0337. The highest BCUT2D eigenvalue weighted by atomic mass is 32.1. The molecule has 0 aliphatic heterocycles. The Kier molecular flexibility index (Phi) is 5.36. The third kappa shape index (κ3) is 4.04. The summed E-state index contributed by atoms with van der Waals surface area (Å²) in [6.45, 7) is 6.89. The Hall–Kier alpha value is -1.40. The summed E-state index contributed by atoms with van der Waals surface area (Å²) in [7, 11) is 0. The molecule has 0 aliphatic carbocycles. The van der Waals surface area contributed by atoms with Gasteiger partial charge < -0.3 is 5.32 Å². The van der Waals surface area contributed by atoms with Crippen LogP contribution >= 0.6 is 11.5 Å². The maximum atomic E-state index is 13.3. The van der Waals surface area contributed by atoms with Gasteiger partial charge in [-0.2, -0.15) is 0 Å². The van der Waals surface area contributed by atoms with Crippen LogP contribution < -0.4 is 5.32 Å². The molecule has 1 aromatic carbocycles. The van der Waals surface area contributed by atoms with E-state index in [1.54, 1.807) is 0 Å². The molecule has 0 aliphatic rings. The van der Waals surface area contributed by atoms with Crippen molar-refractivity contribution in [3.05, 3.63) is 46.0 Å². The van der Waals surface area contributed by atoms with E-state index in [1.165, 1.54) is 23.7 Å². The lowest BCUT2D eigenvalue weighted by Gasteiger charge is -2.18. The summed E-state index contributed by atoms with van der Waals surface area (Å²) in [5.41, 5.74) is 1.57. The van der Waals surface area contributed by atoms with Crippen molar-refractivity contribution in [2.24, 2.45) is 0 Å². The van der Waals surface area contributed by atoms with Crippen LogP contribution in [0.2, 0.25) is 0 Å². The van der Waals surface area contributed by atoms with E-state index in [0.29, 0.717) is 12.0 Å². The highest BCUT2D eigenvalue weighted by Gasteiger charge is 2.21. The van der Waals surface area contributed by atoms with Gasteiger partial charge in [0.25, 0.3) is 0 Å². The second kappa shape index (κ2) is 7.04. The van der Waals surface area contributed by atoms with Crippen LogP contribution in [0.3, 0.4) is 0 Å². The molecule has 0 fully saturated rings. The summed E-state index contributed by atoms with van der Waals surface area (Å²) < 4.78 is 30.7. The van der Waals surface area contributed by atoms with Crippen molar-refractivity contribution in [2.75, 3.05) is 6.54 Å². The molecule has 0 spiro atoms. The summed E-state index contributed by atoms with van der Waals surface area (Å²) in [4.78, 5) is 1.04. The predicted molar refractivity (Wildman–Crippen MR) is 80.5 cm³/mol. The molecule has 1 N–H and O–H groups in total. The maximum absolute atomic E-state index is 13.3. The average molecular weight is 311 g/mol. The average Bonchev–Trinajstić information content (AvgIpc) is 2.86. The summed E-state index contributed by atoms with van der Waals surface area (Å²) in [5.74, 6) is -0.831. The highest BCUT2D eigenvalue weighted by Crippen LogP contribution is 2.29. The molecule has 0 bridgehead atoms. The minimum Gasteiger partial charge on any atom is -0.309 e. The molecule has 0 saturated heterocycles. The van der Waals surface area contributed by atoms with Crippen LogP contribution in [0.1, 0.15) is 48.9 Å². The summed E-state index contributed by atoms with van der Waals surface area (Å²) in [6, 6.07) is 3.60. The lowest BCUT2D eigenvalue weighted by atomic mass is 10.00. The molecule has 6 heteroatoms. The highest BCUT2D eigenvalue weighted by molar-refractivity contribution is 7.05. The normalized spacial score (nSPS) is 12.9. The van der Waals surface area contributed by atoms with Crippen LogP contribution in [-0.4, -0.2) is 16.1 Å². The van der Waals surface area contributed by atoms with Crippen LogP contribution in [0, 0.1) is 11.6 Å². The van der Waals surface area contributed by atoms with Gasteiger partial charge in [-0.3, -0.25) is 0 Å². The first-order valence-electron chi connectivity index (χ1n) is 7.01. The zero-order valence-electron chi connectivity index (χ0n) is 12.4. The van der Waals surface area contributed by atoms with E-state index in [1.807, 2.05) is 6.92 Å². The fourth-order valence-corrected chi connectivity index (χ4v) is 3.20. The number of aromatic nitrogens is 2. The molecule has 21 heavy (non-hydrogen) atoms. The van der Waals surface area contributed by atoms with Crippen LogP contribution in [-0.2, 0) is 6.42 Å². The van der Waals surface area contributed by atoms with Crippen molar-refractivity contribution in [3.63, 3.8) is 0 Å². The van der Waals surface area contributed by atoms with Crippen LogP contribution in [0.25, 0.3) is 0 Å². The molecule has 0 radical (unpaired) electrons. The third-order valence-electron chi connectivity index (χ3n) is 3.22. The molecule has 1 unspecified atom stereocenters. The van der Waals surface area contributed by atoms with Gasteiger partial charge in [-0.15, -0.1) is 5.10 Å². The van der Waals surface area contributed by atoms with Gasteiger partial charge in [-0.25, -0.2) is 8.78 Å². The number of benzene rings is 1. The maximum Gasteiger partial charge on any atom is 0.126 e. The van der Waals surface area contributed by atoms with Gasteiger partial charge in [-0.05, 0) is 48.1 Å². The van der Waals surface area contributed by atoms with Gasteiger partial charge in [0.1, 0.15) is 11.6 Å². The number of nitrogens with zero attached hydrogens (tertiary/aromatic N) is 2. The first kappa shape index (κ1) is 16.0. The van der Waals surface area contributed by atoms with Gasteiger partial charge in [0.05, 0.1) is 10.6 Å². The van der Waals surface area contributed by atoms with Crippen molar-refractivity contribution in [3.8, 4) is 0 Å². The number of halogens is 2. The van der Waals surface area contributed by atoms with E-state index < -0.39 is 11.6 Å². The van der Waals surface area contributed by atoms with Gasteiger partial charge in [0.15, 0.2) is 0 Å². The monoisotopic (exact) mass is 311 g/mol. The number of likely N-dealkylation sites (N-methyl/N-ethyl adjacent to an activating group) is 1. The van der Waals surface area contributed by atoms with Crippen LogP contribution in [0.4, 0.5) is 8.78 Å². The summed E-state index contributed by atoms with van der Waals surface area (Å²) >= 11 is 1.34. The molecule has 114 valence electrons. The number of hydrogen-bond donors (Lipinski definition) is 1.